The molecule has 2 aromatic rings. The minimum Gasteiger partial charge on any atom is -0.462 e. The molecule has 0 atom stereocenters. The first-order valence-corrected chi connectivity index (χ1v) is 5.66. The Balaban J connectivity index is 2.49. The average molecular weight is 260 g/mol. The van der Waals surface area contributed by atoms with Gasteiger partial charge >= 0.3 is 5.97 Å². The number of hydrogen-bond acceptors (Lipinski definition) is 4. The molecule has 6 nitrogen and oxygen atoms in total. The standard InChI is InChI=1S/C13H12N2O4/c1-3-19-13(16)8(2)11-7-14-12-5-4-9(15(17)18)6-10(11)12/h4-7,14H,2-3H2,1H3. The third kappa shape index (κ3) is 2.33. The smallest absolute Gasteiger partial charge is 0.338 e. The monoisotopic (exact) mass is 260 g/mol. The highest BCUT2D eigenvalue weighted by atomic mass is 16.6. The third-order valence-corrected chi connectivity index (χ3v) is 2.72. The first kappa shape index (κ1) is 12.8. The van der Waals surface area contributed by atoms with Crippen LogP contribution in [0.2, 0.25) is 0 Å². The van der Waals surface area contributed by atoms with E-state index in [-0.39, 0.29) is 17.9 Å². The first-order chi connectivity index (χ1) is 9.04. The fourth-order valence-corrected chi connectivity index (χ4v) is 1.80. The molecule has 0 bridgehead atoms. The molecular weight excluding hydrogens is 248 g/mol. The number of fused-ring (bicyclic) bond motifs is 1. The van der Waals surface area contributed by atoms with E-state index in [1.165, 1.54) is 12.1 Å². The van der Waals surface area contributed by atoms with Crippen LogP contribution in [0.15, 0.2) is 31.0 Å². The molecule has 0 spiro atoms. The summed E-state index contributed by atoms with van der Waals surface area (Å²) in [5.74, 6) is -0.532. The maximum Gasteiger partial charge on any atom is 0.338 e. The molecule has 1 aromatic heterocycles. The van der Waals surface area contributed by atoms with E-state index >= 15 is 0 Å². The third-order valence-electron chi connectivity index (χ3n) is 2.72. The molecule has 0 aliphatic rings. The van der Waals surface area contributed by atoms with Crippen LogP contribution in [0, 0.1) is 10.1 Å². The number of nitrogens with one attached hydrogen (secondary N) is 1. The number of carbonyl (C=O) groups excluding carboxylic acids is 1. The number of nitro groups is 1. The summed E-state index contributed by atoms with van der Waals surface area (Å²) in [5.41, 5.74) is 1.35. The van der Waals surface area contributed by atoms with Gasteiger partial charge in [-0.2, -0.15) is 0 Å². The Labute approximate surface area is 108 Å². The molecule has 19 heavy (non-hydrogen) atoms. The van der Waals surface area contributed by atoms with Crippen LogP contribution in [0.1, 0.15) is 12.5 Å². The van der Waals surface area contributed by atoms with E-state index in [0.717, 1.165) is 0 Å². The van der Waals surface area contributed by atoms with Crippen LogP contribution in [0.5, 0.6) is 0 Å². The second-order valence-corrected chi connectivity index (χ2v) is 3.89. The lowest BCUT2D eigenvalue weighted by molar-refractivity contribution is -0.384. The Morgan fingerprint density at radius 3 is 2.89 bits per heavy atom. The van der Waals surface area contributed by atoms with Gasteiger partial charge in [0.15, 0.2) is 0 Å². The number of esters is 1. The van der Waals surface area contributed by atoms with Crippen LogP contribution >= 0.6 is 0 Å². The van der Waals surface area contributed by atoms with Gasteiger partial charge in [-0.1, -0.05) is 6.58 Å². The molecule has 2 rings (SSSR count). The SMILES string of the molecule is C=C(C(=O)OCC)c1c[nH]c2ccc([N+](=O)[O-])cc12. The summed E-state index contributed by atoms with van der Waals surface area (Å²) in [6.45, 7) is 5.63. The number of aromatic amines is 1. The molecular formula is C13H12N2O4. The molecule has 6 heteroatoms. The van der Waals surface area contributed by atoms with Crippen molar-refractivity contribution in [3.63, 3.8) is 0 Å². The van der Waals surface area contributed by atoms with Crippen LogP contribution < -0.4 is 0 Å². The minimum absolute atomic E-state index is 0.0370. The quantitative estimate of drug-likeness (QED) is 0.396. The van der Waals surface area contributed by atoms with E-state index in [4.69, 9.17) is 4.74 Å². The number of nitrogens with zero attached hydrogens (tertiary/aromatic N) is 1. The lowest BCUT2D eigenvalue weighted by Gasteiger charge is -2.03. The number of nitro benzene ring substituents is 1. The Kier molecular flexibility index (Phi) is 3.33. The van der Waals surface area contributed by atoms with Crippen LogP contribution in [0.3, 0.4) is 0 Å². The number of hydrogen-bond donors (Lipinski definition) is 1. The van der Waals surface area contributed by atoms with Crippen LogP contribution in [-0.2, 0) is 9.53 Å². The molecule has 0 aliphatic heterocycles. The van der Waals surface area contributed by atoms with E-state index in [2.05, 4.69) is 11.6 Å². The number of aromatic nitrogens is 1. The molecule has 1 heterocycles. The zero-order chi connectivity index (χ0) is 14.0. The molecule has 1 N–H and O–H groups in total. The molecule has 0 aliphatic carbocycles. The summed E-state index contributed by atoms with van der Waals surface area (Å²) in [6, 6.07) is 4.40. The molecule has 0 saturated carbocycles. The zero-order valence-corrected chi connectivity index (χ0v) is 10.3. The van der Waals surface area contributed by atoms with Gasteiger partial charge in [0.05, 0.1) is 17.1 Å². The second kappa shape index (κ2) is 4.93. The van der Waals surface area contributed by atoms with E-state index < -0.39 is 10.9 Å². The predicted molar refractivity (Wildman–Crippen MR) is 70.6 cm³/mol. The zero-order valence-electron chi connectivity index (χ0n) is 10.3. The van der Waals surface area contributed by atoms with Gasteiger partial charge in [-0.3, -0.25) is 10.1 Å². The highest BCUT2D eigenvalue weighted by Gasteiger charge is 2.17. The highest BCUT2D eigenvalue weighted by molar-refractivity contribution is 6.19. The van der Waals surface area contributed by atoms with Crippen molar-refractivity contribution < 1.29 is 14.5 Å². The maximum absolute atomic E-state index is 11.6. The number of H-pyrrole nitrogens is 1. The van der Waals surface area contributed by atoms with Crippen molar-refractivity contribution in [1.29, 1.82) is 0 Å². The minimum atomic E-state index is -0.532. The summed E-state index contributed by atoms with van der Waals surface area (Å²) in [5, 5.41) is 11.3. The van der Waals surface area contributed by atoms with Crippen LogP contribution in [0.25, 0.3) is 16.5 Å². The van der Waals surface area contributed by atoms with Gasteiger partial charge in [-0.05, 0) is 13.0 Å². The molecule has 1 aromatic carbocycles. The van der Waals surface area contributed by atoms with Gasteiger partial charge in [0.2, 0.25) is 0 Å². The van der Waals surface area contributed by atoms with Crippen molar-refractivity contribution in [3.05, 3.63) is 46.7 Å². The van der Waals surface area contributed by atoms with E-state index in [1.54, 1.807) is 19.2 Å². The van der Waals surface area contributed by atoms with E-state index in [1.807, 2.05) is 0 Å². The van der Waals surface area contributed by atoms with Gasteiger partial charge in [-0.25, -0.2) is 4.79 Å². The summed E-state index contributed by atoms with van der Waals surface area (Å²) in [7, 11) is 0. The first-order valence-electron chi connectivity index (χ1n) is 5.66. The molecule has 0 amide bonds. The number of rotatable bonds is 4. The molecule has 0 unspecified atom stereocenters. The lowest BCUT2D eigenvalue weighted by Crippen LogP contribution is -2.05. The van der Waals surface area contributed by atoms with Crippen molar-refractivity contribution in [2.24, 2.45) is 0 Å². The predicted octanol–water partition coefficient (Wildman–Crippen LogP) is 2.65. The Morgan fingerprint density at radius 2 is 2.26 bits per heavy atom. The van der Waals surface area contributed by atoms with Crippen molar-refractivity contribution in [3.8, 4) is 0 Å². The summed E-state index contributed by atoms with van der Waals surface area (Å²) < 4.78 is 4.87. The topological polar surface area (TPSA) is 85.2 Å². The van der Waals surface area contributed by atoms with Gasteiger partial charge in [-0.15, -0.1) is 0 Å². The van der Waals surface area contributed by atoms with Crippen LogP contribution in [0.4, 0.5) is 5.69 Å². The van der Waals surface area contributed by atoms with E-state index in [9.17, 15) is 14.9 Å². The van der Waals surface area contributed by atoms with Crippen molar-refractivity contribution in [2.45, 2.75) is 6.92 Å². The number of benzene rings is 1. The van der Waals surface area contributed by atoms with Gasteiger partial charge < -0.3 is 9.72 Å². The van der Waals surface area contributed by atoms with Crippen LogP contribution in [-0.4, -0.2) is 22.5 Å². The van der Waals surface area contributed by atoms with Crippen molar-refractivity contribution >= 4 is 28.1 Å². The molecule has 0 fully saturated rings. The highest BCUT2D eigenvalue weighted by Crippen LogP contribution is 2.28. The average Bonchev–Trinajstić information content (AvgIpc) is 2.80. The molecule has 0 radical (unpaired) electrons. The maximum atomic E-state index is 11.6. The largest absolute Gasteiger partial charge is 0.462 e. The Hall–Kier alpha value is -2.63. The molecule has 0 saturated heterocycles. The fourth-order valence-electron chi connectivity index (χ4n) is 1.80. The van der Waals surface area contributed by atoms with Gasteiger partial charge in [0, 0.05) is 34.8 Å². The summed E-state index contributed by atoms with van der Waals surface area (Å²) in [6.07, 6.45) is 1.59. The normalized spacial score (nSPS) is 10.4. The summed E-state index contributed by atoms with van der Waals surface area (Å²) >= 11 is 0. The van der Waals surface area contributed by atoms with Gasteiger partial charge in [0.25, 0.3) is 5.69 Å². The van der Waals surface area contributed by atoms with Crippen molar-refractivity contribution in [2.75, 3.05) is 6.61 Å². The Bertz CT molecular complexity index is 672. The lowest BCUT2D eigenvalue weighted by atomic mass is 10.1. The molecule has 98 valence electrons. The second-order valence-electron chi connectivity index (χ2n) is 3.89. The number of carbonyl (C=O) groups is 1. The van der Waals surface area contributed by atoms with Gasteiger partial charge in [0.1, 0.15) is 0 Å². The summed E-state index contributed by atoms with van der Waals surface area (Å²) in [4.78, 5) is 24.9. The number of non-ortho nitro benzene ring substituents is 1. The Morgan fingerprint density at radius 1 is 1.53 bits per heavy atom. The number of ether oxygens (including phenoxy) is 1. The van der Waals surface area contributed by atoms with E-state index in [0.29, 0.717) is 16.5 Å². The fraction of sp³-hybridized carbons (Fsp3) is 0.154. The van der Waals surface area contributed by atoms with Crippen molar-refractivity contribution in [1.82, 2.24) is 4.98 Å².